The number of carbonyl (C=O) groups excluding carboxylic acids is 2. The van der Waals surface area contributed by atoms with E-state index in [4.69, 9.17) is 0 Å². The second-order valence-electron chi connectivity index (χ2n) is 7.82. The van der Waals surface area contributed by atoms with E-state index in [0.29, 0.717) is 37.8 Å². The van der Waals surface area contributed by atoms with Gasteiger partial charge in [0.1, 0.15) is 0 Å². The van der Waals surface area contributed by atoms with E-state index in [0.717, 1.165) is 11.4 Å². The fraction of sp³-hybridized carbons (Fsp3) is 0.450. The van der Waals surface area contributed by atoms with Crippen molar-refractivity contribution < 1.29 is 9.59 Å². The summed E-state index contributed by atoms with van der Waals surface area (Å²) in [4.78, 5) is 27.5. The minimum atomic E-state index is -0.232. The van der Waals surface area contributed by atoms with Crippen molar-refractivity contribution in [2.75, 3.05) is 18.4 Å². The Morgan fingerprint density at radius 1 is 1.14 bits per heavy atom. The van der Waals surface area contributed by atoms with E-state index in [1.807, 2.05) is 39.9 Å². The molecular weight excluding hydrogens is 356 g/mol. The van der Waals surface area contributed by atoms with Gasteiger partial charge in [-0.2, -0.15) is 5.10 Å². The normalized spacial score (nSPS) is 24.1. The molecule has 8 heteroatoms. The summed E-state index contributed by atoms with van der Waals surface area (Å²) < 4.78 is 1.84. The van der Waals surface area contributed by atoms with Gasteiger partial charge >= 0.3 is 0 Å². The van der Waals surface area contributed by atoms with Crippen molar-refractivity contribution in [1.82, 2.24) is 25.5 Å². The van der Waals surface area contributed by atoms with Crippen LogP contribution in [-0.2, 0) is 17.9 Å². The van der Waals surface area contributed by atoms with Crippen LogP contribution in [0.5, 0.6) is 0 Å². The fourth-order valence-corrected chi connectivity index (χ4v) is 4.17. The van der Waals surface area contributed by atoms with Crippen LogP contribution in [0.25, 0.3) is 0 Å². The van der Waals surface area contributed by atoms with Gasteiger partial charge in [-0.3, -0.25) is 25.1 Å². The number of hydrogen-bond acceptors (Lipinski definition) is 5. The Bertz CT molecular complexity index is 891. The Morgan fingerprint density at radius 2 is 1.96 bits per heavy atom. The highest BCUT2D eigenvalue weighted by atomic mass is 16.2. The SMILES string of the molecule is O=C(Nc1ccccc1)c1cc2n(n1)CCN(C(=O)C1CNNC1C1CC1)C2. The lowest BCUT2D eigenvalue weighted by Crippen LogP contribution is -2.46. The van der Waals surface area contributed by atoms with Crippen molar-refractivity contribution >= 4 is 17.5 Å². The first kappa shape index (κ1) is 17.4. The minimum Gasteiger partial charge on any atom is -0.335 e. The summed E-state index contributed by atoms with van der Waals surface area (Å²) in [6.45, 7) is 2.42. The molecule has 146 valence electrons. The number of hydrazine groups is 1. The average Bonchev–Trinajstić information content (AvgIpc) is 3.28. The molecular formula is C20H24N6O2. The molecule has 1 aromatic heterocycles. The zero-order valence-electron chi connectivity index (χ0n) is 15.6. The zero-order chi connectivity index (χ0) is 19.1. The lowest BCUT2D eigenvalue weighted by atomic mass is 9.96. The van der Waals surface area contributed by atoms with Gasteiger partial charge in [-0.1, -0.05) is 18.2 Å². The number of amides is 2. The van der Waals surface area contributed by atoms with Gasteiger partial charge in [-0.05, 0) is 37.0 Å². The van der Waals surface area contributed by atoms with Crippen molar-refractivity contribution in [3.8, 4) is 0 Å². The number of hydrogen-bond donors (Lipinski definition) is 3. The highest BCUT2D eigenvalue weighted by Gasteiger charge is 2.44. The maximum Gasteiger partial charge on any atom is 0.276 e. The third kappa shape index (κ3) is 3.29. The fourth-order valence-electron chi connectivity index (χ4n) is 4.17. The number of carbonyl (C=O) groups is 2. The average molecular weight is 380 g/mol. The zero-order valence-corrected chi connectivity index (χ0v) is 15.6. The molecule has 0 spiro atoms. The molecule has 2 atom stereocenters. The molecule has 5 rings (SSSR count). The van der Waals surface area contributed by atoms with E-state index in [-0.39, 0.29) is 23.8 Å². The number of benzene rings is 1. The maximum atomic E-state index is 13.1. The molecule has 0 radical (unpaired) electrons. The molecule has 2 fully saturated rings. The molecule has 1 saturated heterocycles. The monoisotopic (exact) mass is 380 g/mol. The van der Waals surface area contributed by atoms with E-state index in [9.17, 15) is 9.59 Å². The number of rotatable bonds is 4. The molecule has 8 nitrogen and oxygen atoms in total. The Labute approximate surface area is 163 Å². The van der Waals surface area contributed by atoms with Crippen LogP contribution in [0.15, 0.2) is 36.4 Å². The molecule has 2 unspecified atom stereocenters. The number of fused-ring (bicyclic) bond motifs is 1. The molecule has 0 bridgehead atoms. The lowest BCUT2D eigenvalue weighted by molar-refractivity contribution is -0.137. The quantitative estimate of drug-likeness (QED) is 0.736. The first-order valence-corrected chi connectivity index (χ1v) is 9.89. The Hall–Kier alpha value is -2.71. The summed E-state index contributed by atoms with van der Waals surface area (Å²) in [5.74, 6) is 0.566. The molecule has 1 aliphatic carbocycles. The third-order valence-corrected chi connectivity index (χ3v) is 5.85. The highest BCUT2D eigenvalue weighted by molar-refractivity contribution is 6.02. The summed E-state index contributed by atoms with van der Waals surface area (Å²) in [5.41, 5.74) is 8.46. The Morgan fingerprint density at radius 3 is 2.75 bits per heavy atom. The number of para-hydroxylation sites is 1. The Kier molecular flexibility index (Phi) is 4.37. The van der Waals surface area contributed by atoms with Crippen molar-refractivity contribution in [1.29, 1.82) is 0 Å². The van der Waals surface area contributed by atoms with Gasteiger partial charge in [0.15, 0.2) is 5.69 Å². The van der Waals surface area contributed by atoms with E-state index >= 15 is 0 Å². The van der Waals surface area contributed by atoms with Crippen LogP contribution in [0.3, 0.4) is 0 Å². The smallest absolute Gasteiger partial charge is 0.276 e. The molecule has 28 heavy (non-hydrogen) atoms. The van der Waals surface area contributed by atoms with Gasteiger partial charge in [0.25, 0.3) is 5.91 Å². The van der Waals surface area contributed by atoms with Crippen molar-refractivity contribution in [2.45, 2.75) is 32.0 Å². The predicted octanol–water partition coefficient (Wildman–Crippen LogP) is 0.980. The standard InChI is InChI=1S/C20H24N6O2/c27-19(22-14-4-2-1-3-5-14)17-10-15-12-25(8-9-26(15)24-17)20(28)16-11-21-23-18(16)13-6-7-13/h1-5,10,13,16,18,21,23H,6-9,11-12H2,(H,22,27). The van der Waals surface area contributed by atoms with Gasteiger partial charge in [0, 0.05) is 24.8 Å². The summed E-state index contributed by atoms with van der Waals surface area (Å²) in [5, 5.41) is 7.29. The van der Waals surface area contributed by atoms with Gasteiger partial charge in [0.05, 0.1) is 24.7 Å². The van der Waals surface area contributed by atoms with E-state index in [2.05, 4.69) is 21.3 Å². The van der Waals surface area contributed by atoms with Crippen molar-refractivity contribution in [2.24, 2.45) is 11.8 Å². The number of nitrogens with zero attached hydrogens (tertiary/aromatic N) is 3. The van der Waals surface area contributed by atoms with Crippen LogP contribution in [-0.4, -0.2) is 45.6 Å². The van der Waals surface area contributed by atoms with Gasteiger partial charge in [-0.15, -0.1) is 0 Å². The van der Waals surface area contributed by atoms with Gasteiger partial charge in [0.2, 0.25) is 5.91 Å². The largest absolute Gasteiger partial charge is 0.335 e. The molecule has 2 aromatic rings. The Balaban J connectivity index is 1.27. The highest BCUT2D eigenvalue weighted by Crippen LogP contribution is 2.37. The summed E-state index contributed by atoms with van der Waals surface area (Å²) in [7, 11) is 0. The first-order chi connectivity index (χ1) is 13.7. The predicted molar refractivity (Wildman–Crippen MR) is 103 cm³/mol. The van der Waals surface area contributed by atoms with Crippen molar-refractivity contribution in [3.05, 3.63) is 47.8 Å². The van der Waals surface area contributed by atoms with Crippen LogP contribution < -0.4 is 16.2 Å². The summed E-state index contributed by atoms with van der Waals surface area (Å²) in [6, 6.07) is 11.4. The molecule has 2 aliphatic heterocycles. The van der Waals surface area contributed by atoms with Gasteiger partial charge in [-0.25, -0.2) is 0 Å². The van der Waals surface area contributed by atoms with Gasteiger partial charge < -0.3 is 10.2 Å². The lowest BCUT2D eigenvalue weighted by Gasteiger charge is -2.31. The first-order valence-electron chi connectivity index (χ1n) is 9.89. The molecule has 3 N–H and O–H groups in total. The van der Waals surface area contributed by atoms with E-state index < -0.39 is 0 Å². The van der Waals surface area contributed by atoms with Crippen LogP contribution in [0.1, 0.15) is 29.0 Å². The van der Waals surface area contributed by atoms with Crippen LogP contribution in [0, 0.1) is 11.8 Å². The molecule has 3 aliphatic rings. The molecule has 1 saturated carbocycles. The van der Waals surface area contributed by atoms with Crippen molar-refractivity contribution in [3.63, 3.8) is 0 Å². The topological polar surface area (TPSA) is 91.3 Å². The van der Waals surface area contributed by atoms with Crippen LogP contribution in [0.2, 0.25) is 0 Å². The molecule has 1 aromatic carbocycles. The molecule has 2 amide bonds. The summed E-state index contributed by atoms with van der Waals surface area (Å²) in [6.07, 6.45) is 2.41. The molecule has 3 heterocycles. The van der Waals surface area contributed by atoms with Crippen LogP contribution >= 0.6 is 0 Å². The minimum absolute atomic E-state index is 0.0113. The van der Waals surface area contributed by atoms with Crippen LogP contribution in [0.4, 0.5) is 5.69 Å². The maximum absolute atomic E-state index is 13.1. The second kappa shape index (κ2) is 7.03. The van der Waals surface area contributed by atoms with E-state index in [1.54, 1.807) is 6.07 Å². The second-order valence-corrected chi connectivity index (χ2v) is 7.82. The third-order valence-electron chi connectivity index (χ3n) is 5.85. The number of anilines is 1. The number of aromatic nitrogens is 2. The summed E-state index contributed by atoms with van der Waals surface area (Å²) >= 11 is 0. The number of nitrogens with one attached hydrogen (secondary N) is 3. The van der Waals surface area contributed by atoms with E-state index in [1.165, 1.54) is 12.8 Å².